The molecule has 0 bridgehead atoms. The van der Waals surface area contributed by atoms with E-state index in [0.29, 0.717) is 25.7 Å². The van der Waals surface area contributed by atoms with E-state index in [2.05, 4.69) is 55.4 Å². The van der Waals surface area contributed by atoms with E-state index in [1.54, 1.807) is 0 Å². The van der Waals surface area contributed by atoms with Crippen LogP contribution in [0.5, 0.6) is 0 Å². The lowest BCUT2D eigenvalue weighted by Gasteiger charge is -2.21. The molecule has 0 radical (unpaired) electrons. The molecule has 0 aromatic carbocycles. The fraction of sp³-hybridized carbons (Fsp3) is 0.937. The van der Waals surface area contributed by atoms with Gasteiger partial charge in [-0.1, -0.05) is 248 Å². The van der Waals surface area contributed by atoms with Gasteiger partial charge in [0.15, 0.2) is 12.2 Å². The smallest absolute Gasteiger partial charge is 0.462 e. The first-order chi connectivity index (χ1) is 39.2. The Hall–Kier alpha value is -1.94. The highest BCUT2D eigenvalue weighted by molar-refractivity contribution is 7.47. The number of hydrogen-bond donors (Lipinski definition) is 3. The third kappa shape index (κ3) is 53.5. The predicted molar refractivity (Wildman–Crippen MR) is 326 cm³/mol. The molecule has 486 valence electrons. The number of ether oxygens (including phenoxy) is 4. The molecule has 0 aliphatic carbocycles. The zero-order valence-electron chi connectivity index (χ0n) is 53.1. The Morgan fingerprint density at radius 3 is 0.866 bits per heavy atom. The molecule has 19 heteroatoms. The standard InChI is InChI=1S/C63H122O17P2/c1-9-54(6)40-32-24-17-20-28-36-44-61(66)74-50-59(80-63(68)46-38-30-22-19-26-34-42-56(8)11-3)52-78-82(71,72)76-48-57(64)47-75-81(69,70)77-51-58(79-62(67)45-37-29-21-18-25-33-41-55(7)10-2)49-73-60(65)43-35-27-16-14-12-13-15-23-31-39-53(4)5/h53-59,64H,9-52H2,1-8H3,(H,69,70)(H,71,72)/t54?,55?,56?,57-,58-,59-/m1/s1. The SMILES string of the molecule is CCC(C)CCCCCCCCC(=O)OC[C@H](COP(=O)(O)OC[C@H](O)COP(=O)(O)OC[C@@H](COC(=O)CCCCCCCCCCCC(C)C)OC(=O)CCCCCCCCC(C)CC)OC(=O)CCCCCCCCC(C)CC. The fourth-order valence-electron chi connectivity index (χ4n) is 9.16. The van der Waals surface area contributed by atoms with E-state index >= 15 is 0 Å². The summed E-state index contributed by atoms with van der Waals surface area (Å²) in [6.07, 6.45) is 32.2. The summed E-state index contributed by atoms with van der Waals surface area (Å²) in [7, 11) is -9.89. The molecule has 0 amide bonds. The molecule has 0 fully saturated rings. The molecular formula is C63H122O17P2. The average Bonchev–Trinajstić information content (AvgIpc) is 3.44. The summed E-state index contributed by atoms with van der Waals surface area (Å²) in [6.45, 7) is 13.9. The van der Waals surface area contributed by atoms with Gasteiger partial charge in [0.2, 0.25) is 0 Å². The quantitative estimate of drug-likeness (QED) is 0.0222. The maximum Gasteiger partial charge on any atom is 0.472 e. The van der Waals surface area contributed by atoms with Crippen molar-refractivity contribution in [2.75, 3.05) is 39.6 Å². The monoisotopic (exact) mass is 1210 g/mol. The molecule has 0 saturated heterocycles. The van der Waals surface area contributed by atoms with Crippen molar-refractivity contribution in [3.8, 4) is 0 Å². The summed E-state index contributed by atoms with van der Waals surface area (Å²) >= 11 is 0. The van der Waals surface area contributed by atoms with Crippen molar-refractivity contribution in [1.29, 1.82) is 0 Å². The maximum atomic E-state index is 13.0. The number of rotatable bonds is 60. The van der Waals surface area contributed by atoms with Crippen LogP contribution < -0.4 is 0 Å². The Balaban J connectivity index is 5.26. The normalized spacial score (nSPS) is 15.5. The molecule has 17 nitrogen and oxygen atoms in total. The highest BCUT2D eigenvalue weighted by atomic mass is 31.2. The second-order valence-corrected chi connectivity index (χ2v) is 26.9. The Morgan fingerprint density at radius 2 is 0.585 bits per heavy atom. The first-order valence-corrected chi connectivity index (χ1v) is 35.8. The zero-order valence-corrected chi connectivity index (χ0v) is 54.9. The minimum Gasteiger partial charge on any atom is -0.462 e. The van der Waals surface area contributed by atoms with Crippen LogP contribution in [0.3, 0.4) is 0 Å². The summed E-state index contributed by atoms with van der Waals surface area (Å²) in [5.74, 6) is 0.769. The van der Waals surface area contributed by atoms with E-state index in [-0.39, 0.29) is 25.7 Å². The lowest BCUT2D eigenvalue weighted by Crippen LogP contribution is -2.30. The second-order valence-electron chi connectivity index (χ2n) is 24.0. The molecule has 0 aromatic rings. The highest BCUT2D eigenvalue weighted by Crippen LogP contribution is 2.45. The Labute approximate surface area is 498 Å². The van der Waals surface area contributed by atoms with Gasteiger partial charge in [0.25, 0.3) is 0 Å². The van der Waals surface area contributed by atoms with E-state index in [9.17, 15) is 43.2 Å². The summed E-state index contributed by atoms with van der Waals surface area (Å²) in [5.41, 5.74) is 0. The van der Waals surface area contributed by atoms with Gasteiger partial charge in [-0.05, 0) is 49.4 Å². The van der Waals surface area contributed by atoms with Crippen molar-refractivity contribution in [3.05, 3.63) is 0 Å². The van der Waals surface area contributed by atoms with Crippen LogP contribution in [0.15, 0.2) is 0 Å². The molecule has 0 spiro atoms. The van der Waals surface area contributed by atoms with Crippen molar-refractivity contribution in [1.82, 2.24) is 0 Å². The van der Waals surface area contributed by atoms with Crippen LogP contribution in [0.4, 0.5) is 0 Å². The van der Waals surface area contributed by atoms with Crippen molar-refractivity contribution in [2.45, 2.75) is 318 Å². The van der Waals surface area contributed by atoms with E-state index < -0.39 is 97.5 Å². The van der Waals surface area contributed by atoms with Gasteiger partial charge < -0.3 is 33.8 Å². The van der Waals surface area contributed by atoms with Gasteiger partial charge in [-0.3, -0.25) is 37.3 Å². The molecule has 0 heterocycles. The Bertz CT molecular complexity index is 1650. The van der Waals surface area contributed by atoms with E-state index in [4.69, 9.17) is 37.0 Å². The molecule has 0 saturated carbocycles. The lowest BCUT2D eigenvalue weighted by molar-refractivity contribution is -0.161. The third-order valence-corrected chi connectivity index (χ3v) is 17.3. The molecule has 0 rings (SSSR count). The van der Waals surface area contributed by atoms with Crippen molar-refractivity contribution in [2.24, 2.45) is 23.7 Å². The molecule has 0 aromatic heterocycles. The van der Waals surface area contributed by atoms with Gasteiger partial charge in [0, 0.05) is 25.7 Å². The number of hydrogen-bond acceptors (Lipinski definition) is 15. The largest absolute Gasteiger partial charge is 0.472 e. The minimum absolute atomic E-state index is 0.101. The van der Waals surface area contributed by atoms with Crippen LogP contribution in [0.25, 0.3) is 0 Å². The lowest BCUT2D eigenvalue weighted by atomic mass is 10.00. The van der Waals surface area contributed by atoms with Crippen LogP contribution in [-0.2, 0) is 65.4 Å². The molecule has 3 N–H and O–H groups in total. The molecule has 8 atom stereocenters. The van der Waals surface area contributed by atoms with Gasteiger partial charge >= 0.3 is 39.5 Å². The number of carbonyl (C=O) groups is 4. The highest BCUT2D eigenvalue weighted by Gasteiger charge is 2.30. The van der Waals surface area contributed by atoms with Gasteiger partial charge in [0.1, 0.15) is 19.3 Å². The first-order valence-electron chi connectivity index (χ1n) is 32.8. The van der Waals surface area contributed by atoms with Crippen molar-refractivity contribution >= 4 is 39.5 Å². The number of aliphatic hydroxyl groups excluding tert-OH is 1. The van der Waals surface area contributed by atoms with Crippen LogP contribution in [0.2, 0.25) is 0 Å². The van der Waals surface area contributed by atoms with Gasteiger partial charge in [-0.15, -0.1) is 0 Å². The topological polar surface area (TPSA) is 237 Å². The van der Waals surface area contributed by atoms with Gasteiger partial charge in [-0.25, -0.2) is 9.13 Å². The number of phosphoric acid groups is 2. The number of aliphatic hydroxyl groups is 1. The molecule has 82 heavy (non-hydrogen) atoms. The van der Waals surface area contributed by atoms with Crippen LogP contribution in [-0.4, -0.2) is 96.7 Å². The van der Waals surface area contributed by atoms with Crippen LogP contribution in [0, 0.1) is 23.7 Å². The average molecular weight is 1210 g/mol. The van der Waals surface area contributed by atoms with E-state index in [0.717, 1.165) is 120 Å². The van der Waals surface area contributed by atoms with Gasteiger partial charge in [0.05, 0.1) is 26.4 Å². The Kier molecular flexibility index (Phi) is 52.0. The fourth-order valence-corrected chi connectivity index (χ4v) is 10.7. The number of carbonyl (C=O) groups excluding carboxylic acids is 4. The van der Waals surface area contributed by atoms with Crippen molar-refractivity contribution < 1.29 is 80.2 Å². The Morgan fingerprint density at radius 1 is 0.341 bits per heavy atom. The molecule has 0 aliphatic heterocycles. The number of unbranched alkanes of at least 4 members (excludes halogenated alkanes) is 23. The van der Waals surface area contributed by atoms with Gasteiger partial charge in [-0.2, -0.15) is 0 Å². The van der Waals surface area contributed by atoms with Crippen molar-refractivity contribution in [3.63, 3.8) is 0 Å². The summed E-state index contributed by atoms with van der Waals surface area (Å²) < 4.78 is 67.9. The summed E-state index contributed by atoms with van der Waals surface area (Å²) in [6, 6.07) is 0. The van der Waals surface area contributed by atoms with E-state index in [1.807, 2.05) is 0 Å². The zero-order chi connectivity index (χ0) is 61.1. The van der Waals surface area contributed by atoms with E-state index in [1.165, 1.54) is 96.3 Å². The van der Waals surface area contributed by atoms with Crippen LogP contribution in [0.1, 0.15) is 299 Å². The molecule has 0 aliphatic rings. The predicted octanol–water partition coefficient (Wildman–Crippen LogP) is 17.0. The minimum atomic E-state index is -4.94. The summed E-state index contributed by atoms with van der Waals surface area (Å²) in [4.78, 5) is 72.1. The third-order valence-electron chi connectivity index (χ3n) is 15.4. The molecular weight excluding hydrogens is 1090 g/mol. The molecule has 5 unspecified atom stereocenters. The summed E-state index contributed by atoms with van der Waals surface area (Å²) in [5, 5.41) is 10.5. The second kappa shape index (κ2) is 53.3. The maximum absolute atomic E-state index is 13.0. The number of esters is 4. The van der Waals surface area contributed by atoms with Crippen LogP contribution >= 0.6 is 15.6 Å². The first kappa shape index (κ1) is 80.1. The number of phosphoric ester groups is 2.